The van der Waals surface area contributed by atoms with Crippen LogP contribution in [-0.2, 0) is 28.0 Å². The summed E-state index contributed by atoms with van der Waals surface area (Å²) in [6.45, 7) is 0. The van der Waals surface area contributed by atoms with Crippen LogP contribution < -0.4 is 5.32 Å². The number of aryl methyl sites for hydroxylation is 1. The highest BCUT2D eigenvalue weighted by Crippen LogP contribution is 2.42. The predicted octanol–water partition coefficient (Wildman–Crippen LogP) is 6.87. The second-order valence-corrected chi connectivity index (χ2v) is 12.7. The molecule has 45 heavy (non-hydrogen) atoms. The number of nitrogens with zero attached hydrogens (tertiary/aromatic N) is 2. The fourth-order valence-electron chi connectivity index (χ4n) is 6.76. The van der Waals surface area contributed by atoms with Crippen LogP contribution in [0.2, 0.25) is 0 Å². The van der Waals surface area contributed by atoms with E-state index in [1.54, 1.807) is 6.33 Å². The summed E-state index contributed by atoms with van der Waals surface area (Å²) in [5.74, 6) is -1.54. The van der Waals surface area contributed by atoms with E-state index < -0.39 is 23.5 Å². The van der Waals surface area contributed by atoms with Gasteiger partial charge in [-0.15, -0.1) is 0 Å². The van der Waals surface area contributed by atoms with Crippen molar-refractivity contribution in [2.45, 2.75) is 36.8 Å². The van der Waals surface area contributed by atoms with Crippen molar-refractivity contribution in [2.75, 3.05) is 5.75 Å². The zero-order chi connectivity index (χ0) is 31.4. The quantitative estimate of drug-likeness (QED) is 0.105. The normalized spacial score (nSPS) is 15.6. The first-order valence-electron chi connectivity index (χ1n) is 15.0. The lowest BCUT2D eigenvalue weighted by molar-refractivity contribution is -0.142. The first kappa shape index (κ1) is 30.9. The van der Waals surface area contributed by atoms with Gasteiger partial charge in [0.1, 0.15) is 11.6 Å². The number of thiol groups is 1. The van der Waals surface area contributed by atoms with Crippen LogP contribution in [0.25, 0.3) is 0 Å². The molecule has 0 aliphatic heterocycles. The Hall–Kier alpha value is -4.14. The van der Waals surface area contributed by atoms with E-state index >= 15 is 0 Å². The third kappa shape index (κ3) is 6.09. The van der Waals surface area contributed by atoms with Gasteiger partial charge in [0, 0.05) is 22.8 Å². The smallest absolute Gasteiger partial charge is 0.326 e. The average Bonchev–Trinajstić information content (AvgIpc) is 3.70. The summed E-state index contributed by atoms with van der Waals surface area (Å²) in [5, 5.41) is 13.1. The SMILES string of the molecule is O=C(O)C(Cc1cn(C(c2ccccc2)(c2ccccc2)c2ccccc2)cn1)NC(=O)C(CS)C1CCc2cc(Br)ccc21. The Morgan fingerprint density at radius 1 is 0.933 bits per heavy atom. The Balaban J connectivity index is 1.32. The number of imidazole rings is 1. The molecule has 228 valence electrons. The molecule has 8 heteroatoms. The molecule has 0 saturated carbocycles. The molecule has 1 heterocycles. The number of carbonyl (C=O) groups is 2. The number of hydrogen-bond donors (Lipinski definition) is 3. The minimum Gasteiger partial charge on any atom is -0.480 e. The molecule has 1 aliphatic carbocycles. The third-order valence-corrected chi connectivity index (χ3v) is 9.76. The predicted molar refractivity (Wildman–Crippen MR) is 183 cm³/mol. The summed E-state index contributed by atoms with van der Waals surface area (Å²) < 4.78 is 3.06. The van der Waals surface area contributed by atoms with Crippen molar-refractivity contribution in [1.82, 2.24) is 14.9 Å². The number of carbonyl (C=O) groups excluding carboxylic acids is 1. The van der Waals surface area contributed by atoms with Crippen LogP contribution in [0.5, 0.6) is 0 Å². The van der Waals surface area contributed by atoms with Gasteiger partial charge in [0.15, 0.2) is 0 Å². The summed E-state index contributed by atoms with van der Waals surface area (Å²) in [5.41, 5.74) is 5.26. The van der Waals surface area contributed by atoms with Crippen molar-refractivity contribution in [2.24, 2.45) is 5.92 Å². The molecule has 2 N–H and O–H groups in total. The van der Waals surface area contributed by atoms with Gasteiger partial charge in [-0.25, -0.2) is 9.78 Å². The summed E-state index contributed by atoms with van der Waals surface area (Å²) >= 11 is 8.06. The first-order valence-corrected chi connectivity index (χ1v) is 16.5. The number of amides is 1. The van der Waals surface area contributed by atoms with E-state index in [2.05, 4.69) is 82.4 Å². The lowest BCUT2D eigenvalue weighted by atomic mass is 9.77. The van der Waals surface area contributed by atoms with Gasteiger partial charge in [-0.3, -0.25) is 4.79 Å². The summed E-state index contributed by atoms with van der Waals surface area (Å²) in [7, 11) is 0. The Morgan fingerprint density at radius 2 is 1.51 bits per heavy atom. The zero-order valence-corrected chi connectivity index (χ0v) is 27.1. The molecule has 0 bridgehead atoms. The Labute approximate surface area is 277 Å². The van der Waals surface area contributed by atoms with Crippen LogP contribution in [0.3, 0.4) is 0 Å². The van der Waals surface area contributed by atoms with E-state index in [-0.39, 0.29) is 18.2 Å². The number of nitrogens with one attached hydrogen (secondary N) is 1. The molecule has 5 aromatic rings. The van der Waals surface area contributed by atoms with Crippen molar-refractivity contribution >= 4 is 40.4 Å². The van der Waals surface area contributed by atoms with Gasteiger partial charge in [0.05, 0.1) is 17.9 Å². The molecule has 0 fully saturated rings. The molecule has 1 amide bonds. The highest BCUT2D eigenvalue weighted by Gasteiger charge is 2.39. The second kappa shape index (κ2) is 13.5. The number of carboxylic acids is 1. The number of halogens is 1. The van der Waals surface area contributed by atoms with Crippen LogP contribution in [0, 0.1) is 5.92 Å². The summed E-state index contributed by atoms with van der Waals surface area (Å²) in [4.78, 5) is 30.8. The number of benzene rings is 4. The van der Waals surface area contributed by atoms with Gasteiger partial charge < -0.3 is 15.0 Å². The molecule has 6 rings (SSSR count). The minimum absolute atomic E-state index is 0.0116. The maximum Gasteiger partial charge on any atom is 0.326 e. The van der Waals surface area contributed by atoms with Gasteiger partial charge in [-0.2, -0.15) is 12.6 Å². The molecule has 1 aliphatic rings. The standard InChI is InChI=1S/C37H34BrN3O3S/c38-29-17-19-31-25(20-29)16-18-32(31)33(23-45)35(42)40-34(36(43)44)21-30-22-41(24-39-30)37(26-10-4-1-5-11-26,27-12-6-2-7-13-27)28-14-8-3-9-15-28/h1-15,17,19-20,22,24,32-34,45H,16,18,21,23H2,(H,40,42)(H,43,44). The highest BCUT2D eigenvalue weighted by molar-refractivity contribution is 9.10. The van der Waals surface area contributed by atoms with E-state index in [9.17, 15) is 14.7 Å². The second-order valence-electron chi connectivity index (χ2n) is 11.5. The average molecular weight is 681 g/mol. The van der Waals surface area contributed by atoms with Crippen LogP contribution in [0.15, 0.2) is 126 Å². The summed E-state index contributed by atoms with van der Waals surface area (Å²) in [6, 6.07) is 35.6. The van der Waals surface area contributed by atoms with Crippen LogP contribution >= 0.6 is 28.6 Å². The van der Waals surface area contributed by atoms with Gasteiger partial charge in [0.25, 0.3) is 0 Å². The molecule has 0 spiro atoms. The Bertz CT molecular complexity index is 1680. The summed E-state index contributed by atoms with van der Waals surface area (Å²) in [6.07, 6.45) is 5.40. The molecule has 3 atom stereocenters. The number of aromatic nitrogens is 2. The molecular formula is C37H34BrN3O3S. The van der Waals surface area contributed by atoms with Gasteiger partial charge >= 0.3 is 5.97 Å². The fraction of sp³-hybridized carbons (Fsp3) is 0.216. The van der Waals surface area contributed by atoms with Crippen molar-refractivity contribution in [3.05, 3.63) is 160 Å². The van der Waals surface area contributed by atoms with E-state index in [0.717, 1.165) is 39.6 Å². The maximum absolute atomic E-state index is 13.6. The van der Waals surface area contributed by atoms with Crippen LogP contribution in [-0.4, -0.2) is 38.3 Å². The topological polar surface area (TPSA) is 84.2 Å². The number of fused-ring (bicyclic) bond motifs is 1. The molecule has 0 saturated heterocycles. The zero-order valence-electron chi connectivity index (χ0n) is 24.6. The van der Waals surface area contributed by atoms with E-state index in [1.807, 2.05) is 71.4 Å². The maximum atomic E-state index is 13.6. The lowest BCUT2D eigenvalue weighted by Gasteiger charge is -2.37. The molecule has 4 aromatic carbocycles. The Morgan fingerprint density at radius 3 is 2.04 bits per heavy atom. The Kier molecular flexibility index (Phi) is 9.24. The number of rotatable bonds is 11. The van der Waals surface area contributed by atoms with Gasteiger partial charge in [-0.05, 0) is 58.7 Å². The van der Waals surface area contributed by atoms with Crippen molar-refractivity contribution < 1.29 is 14.7 Å². The molecule has 6 nitrogen and oxygen atoms in total. The van der Waals surface area contributed by atoms with Crippen LogP contribution in [0.1, 0.15) is 45.8 Å². The lowest BCUT2D eigenvalue weighted by Crippen LogP contribution is -2.46. The molecule has 0 radical (unpaired) electrons. The van der Waals surface area contributed by atoms with Crippen molar-refractivity contribution in [1.29, 1.82) is 0 Å². The van der Waals surface area contributed by atoms with Gasteiger partial charge in [0.2, 0.25) is 5.91 Å². The van der Waals surface area contributed by atoms with E-state index in [0.29, 0.717) is 11.4 Å². The highest BCUT2D eigenvalue weighted by atomic mass is 79.9. The van der Waals surface area contributed by atoms with Gasteiger partial charge in [-0.1, -0.05) is 113 Å². The number of carboxylic acid groups (broad SMARTS) is 1. The number of hydrogen-bond acceptors (Lipinski definition) is 4. The van der Waals surface area contributed by atoms with Crippen molar-refractivity contribution in [3.63, 3.8) is 0 Å². The van der Waals surface area contributed by atoms with E-state index in [4.69, 9.17) is 4.98 Å². The first-order chi connectivity index (χ1) is 21.9. The fourth-order valence-corrected chi connectivity index (χ4v) is 7.58. The molecule has 1 aromatic heterocycles. The molecule has 3 unspecified atom stereocenters. The minimum atomic E-state index is -1.14. The monoisotopic (exact) mass is 679 g/mol. The third-order valence-electron chi connectivity index (χ3n) is 8.87. The van der Waals surface area contributed by atoms with E-state index in [1.165, 1.54) is 5.56 Å². The van der Waals surface area contributed by atoms with Crippen molar-refractivity contribution in [3.8, 4) is 0 Å². The van der Waals surface area contributed by atoms with Crippen LogP contribution in [0.4, 0.5) is 0 Å². The molecular weight excluding hydrogens is 646 g/mol. The number of aliphatic carboxylic acids is 1. The largest absolute Gasteiger partial charge is 0.480 e.